The van der Waals surface area contributed by atoms with E-state index < -0.39 is 6.04 Å². The van der Waals surface area contributed by atoms with Crippen LogP contribution in [-0.2, 0) is 0 Å². The highest BCUT2D eigenvalue weighted by molar-refractivity contribution is 6.31. The highest BCUT2D eigenvalue weighted by Crippen LogP contribution is 2.38. The summed E-state index contributed by atoms with van der Waals surface area (Å²) < 4.78 is 10.3. The summed E-state index contributed by atoms with van der Waals surface area (Å²) in [5.74, 6) is 1.01. The average Bonchev–Trinajstić information content (AvgIpc) is 2.27. The molecule has 0 aliphatic carbocycles. The molecule has 84 valence electrons. The highest BCUT2D eigenvalue weighted by Gasteiger charge is 2.19. The molecule has 0 saturated carbocycles. The van der Waals surface area contributed by atoms with Gasteiger partial charge in [-0.2, -0.15) is 0 Å². The van der Waals surface area contributed by atoms with Crippen LogP contribution < -0.4 is 15.2 Å². The number of benzene rings is 1. The number of aliphatic hydroxyl groups is 1. The minimum Gasteiger partial charge on any atom is -0.493 e. The molecule has 0 fully saturated rings. The maximum absolute atomic E-state index is 9.02. The van der Waals surface area contributed by atoms with Crippen LogP contribution in [0.2, 0.25) is 5.02 Å². The SMILES string of the molecule is COc1ccc(Cl)c(C(N)CO)c1OC. The van der Waals surface area contributed by atoms with Crippen LogP contribution in [0.25, 0.3) is 0 Å². The second kappa shape index (κ2) is 5.21. The van der Waals surface area contributed by atoms with Gasteiger partial charge in [0.05, 0.1) is 26.9 Å². The number of nitrogens with two attached hydrogens (primary N) is 1. The van der Waals surface area contributed by atoms with E-state index in [-0.39, 0.29) is 6.61 Å². The predicted molar refractivity (Wildman–Crippen MR) is 58.6 cm³/mol. The highest BCUT2D eigenvalue weighted by atomic mass is 35.5. The van der Waals surface area contributed by atoms with Crippen molar-refractivity contribution < 1.29 is 14.6 Å². The van der Waals surface area contributed by atoms with Gasteiger partial charge in [0.25, 0.3) is 0 Å². The topological polar surface area (TPSA) is 64.7 Å². The van der Waals surface area contributed by atoms with Crippen molar-refractivity contribution in [3.63, 3.8) is 0 Å². The first-order chi connectivity index (χ1) is 7.15. The largest absolute Gasteiger partial charge is 0.493 e. The van der Waals surface area contributed by atoms with Gasteiger partial charge in [-0.15, -0.1) is 0 Å². The average molecular weight is 232 g/mol. The maximum atomic E-state index is 9.02. The first kappa shape index (κ1) is 12.1. The summed E-state index contributed by atoms with van der Waals surface area (Å²) in [5, 5.41) is 9.47. The lowest BCUT2D eigenvalue weighted by atomic mass is 10.1. The zero-order valence-corrected chi connectivity index (χ0v) is 9.41. The van der Waals surface area contributed by atoms with Crippen LogP contribution >= 0.6 is 11.6 Å². The number of hydrogen-bond acceptors (Lipinski definition) is 4. The zero-order valence-electron chi connectivity index (χ0n) is 8.66. The normalized spacial score (nSPS) is 12.3. The standard InChI is InChI=1S/C10H14ClNO3/c1-14-8-4-3-6(11)9(7(12)5-13)10(8)15-2/h3-4,7,13H,5,12H2,1-2H3. The lowest BCUT2D eigenvalue weighted by Crippen LogP contribution is -2.16. The van der Waals surface area contributed by atoms with Gasteiger partial charge in [-0.1, -0.05) is 11.6 Å². The van der Waals surface area contributed by atoms with Crippen LogP contribution in [0, 0.1) is 0 Å². The van der Waals surface area contributed by atoms with Crippen molar-refractivity contribution in [2.75, 3.05) is 20.8 Å². The first-order valence-electron chi connectivity index (χ1n) is 4.42. The number of rotatable bonds is 4. The van der Waals surface area contributed by atoms with E-state index in [1.54, 1.807) is 12.1 Å². The van der Waals surface area contributed by atoms with Crippen molar-refractivity contribution in [2.24, 2.45) is 5.73 Å². The van der Waals surface area contributed by atoms with Gasteiger partial charge in [-0.05, 0) is 12.1 Å². The molecule has 0 aliphatic rings. The Kier molecular flexibility index (Phi) is 4.20. The summed E-state index contributed by atoms with van der Waals surface area (Å²) in [6.45, 7) is -0.205. The summed E-state index contributed by atoms with van der Waals surface area (Å²) in [7, 11) is 3.03. The lowest BCUT2D eigenvalue weighted by molar-refractivity contribution is 0.263. The fraction of sp³-hybridized carbons (Fsp3) is 0.400. The summed E-state index contributed by atoms with van der Waals surface area (Å²) >= 11 is 5.98. The second-order valence-corrected chi connectivity index (χ2v) is 3.39. The van der Waals surface area contributed by atoms with Crippen LogP contribution in [0.1, 0.15) is 11.6 Å². The summed E-state index contributed by atoms with van der Waals surface area (Å²) in [4.78, 5) is 0. The van der Waals surface area contributed by atoms with Crippen molar-refractivity contribution in [1.82, 2.24) is 0 Å². The van der Waals surface area contributed by atoms with E-state index in [4.69, 9.17) is 31.9 Å². The number of ether oxygens (including phenoxy) is 2. The van der Waals surface area contributed by atoms with Crippen molar-refractivity contribution in [1.29, 1.82) is 0 Å². The molecule has 0 amide bonds. The van der Waals surface area contributed by atoms with E-state index in [2.05, 4.69) is 0 Å². The molecule has 0 radical (unpaired) electrons. The molecule has 0 saturated heterocycles. The molecule has 15 heavy (non-hydrogen) atoms. The molecule has 5 heteroatoms. The molecule has 0 aromatic heterocycles. The molecule has 0 spiro atoms. The second-order valence-electron chi connectivity index (χ2n) is 2.99. The lowest BCUT2D eigenvalue weighted by Gasteiger charge is -2.17. The molecule has 4 nitrogen and oxygen atoms in total. The van der Waals surface area contributed by atoms with E-state index >= 15 is 0 Å². The van der Waals surface area contributed by atoms with Crippen LogP contribution in [0.5, 0.6) is 11.5 Å². The van der Waals surface area contributed by atoms with Gasteiger partial charge < -0.3 is 20.3 Å². The Labute approximate surface area is 93.6 Å². The van der Waals surface area contributed by atoms with E-state index in [9.17, 15) is 0 Å². The van der Waals surface area contributed by atoms with Gasteiger partial charge in [-0.25, -0.2) is 0 Å². The maximum Gasteiger partial charge on any atom is 0.167 e. The van der Waals surface area contributed by atoms with Crippen LogP contribution in [0.15, 0.2) is 12.1 Å². The number of halogens is 1. The quantitative estimate of drug-likeness (QED) is 0.821. The Bertz CT molecular complexity index is 344. The fourth-order valence-electron chi connectivity index (χ4n) is 1.36. The molecule has 3 N–H and O–H groups in total. The minimum atomic E-state index is -0.581. The summed E-state index contributed by atoms with van der Waals surface area (Å²) in [6.07, 6.45) is 0. The molecule has 1 aromatic rings. The van der Waals surface area contributed by atoms with Gasteiger partial charge in [0.1, 0.15) is 0 Å². The predicted octanol–water partition coefficient (Wildman–Crippen LogP) is 1.35. The fourth-order valence-corrected chi connectivity index (χ4v) is 1.65. The monoisotopic (exact) mass is 231 g/mol. The van der Waals surface area contributed by atoms with E-state index in [0.717, 1.165) is 0 Å². The van der Waals surface area contributed by atoms with Gasteiger partial charge in [0, 0.05) is 10.6 Å². The van der Waals surface area contributed by atoms with E-state index in [0.29, 0.717) is 22.1 Å². The zero-order chi connectivity index (χ0) is 11.4. The Morgan fingerprint density at radius 2 is 2.07 bits per heavy atom. The third-order valence-electron chi connectivity index (χ3n) is 2.10. The number of hydrogen-bond donors (Lipinski definition) is 2. The van der Waals surface area contributed by atoms with Crippen molar-refractivity contribution in [3.05, 3.63) is 22.7 Å². The van der Waals surface area contributed by atoms with Crippen molar-refractivity contribution in [3.8, 4) is 11.5 Å². The third kappa shape index (κ3) is 2.34. The van der Waals surface area contributed by atoms with Crippen molar-refractivity contribution in [2.45, 2.75) is 6.04 Å². The molecule has 1 unspecified atom stereocenters. The van der Waals surface area contributed by atoms with Gasteiger partial charge in [0.2, 0.25) is 0 Å². The Morgan fingerprint density at radius 1 is 1.40 bits per heavy atom. The number of methoxy groups -OCH3 is 2. The molecule has 0 heterocycles. The van der Waals surface area contributed by atoms with Crippen LogP contribution in [0.3, 0.4) is 0 Å². The number of aliphatic hydroxyl groups excluding tert-OH is 1. The molecule has 1 aromatic carbocycles. The molecular formula is C10H14ClNO3. The first-order valence-corrected chi connectivity index (χ1v) is 4.80. The van der Waals surface area contributed by atoms with Gasteiger partial charge in [-0.3, -0.25) is 0 Å². The van der Waals surface area contributed by atoms with Crippen molar-refractivity contribution >= 4 is 11.6 Å². The Balaban J connectivity index is 3.31. The van der Waals surface area contributed by atoms with Gasteiger partial charge >= 0.3 is 0 Å². The van der Waals surface area contributed by atoms with E-state index in [1.807, 2.05) is 0 Å². The Hall–Kier alpha value is -0.970. The summed E-state index contributed by atoms with van der Waals surface area (Å²) in [5.41, 5.74) is 6.28. The van der Waals surface area contributed by atoms with Gasteiger partial charge in [0.15, 0.2) is 11.5 Å². The third-order valence-corrected chi connectivity index (χ3v) is 2.43. The molecular weight excluding hydrogens is 218 g/mol. The minimum absolute atomic E-state index is 0.205. The smallest absolute Gasteiger partial charge is 0.167 e. The molecule has 0 aliphatic heterocycles. The van der Waals surface area contributed by atoms with Crippen LogP contribution in [0.4, 0.5) is 0 Å². The summed E-state index contributed by atoms with van der Waals surface area (Å²) in [6, 6.07) is 2.77. The van der Waals surface area contributed by atoms with Crippen LogP contribution in [-0.4, -0.2) is 25.9 Å². The van der Waals surface area contributed by atoms with E-state index in [1.165, 1.54) is 14.2 Å². The molecule has 1 atom stereocenters. The molecule has 1 rings (SSSR count). The Morgan fingerprint density at radius 3 is 2.53 bits per heavy atom. The molecule has 0 bridgehead atoms.